The molecule has 0 amide bonds. The normalized spacial score (nSPS) is 17.6. The van der Waals surface area contributed by atoms with Crippen LogP contribution in [0.3, 0.4) is 0 Å². The maximum Gasteiger partial charge on any atom is 0.380 e. The molecule has 0 N–H and O–H groups in total. The third kappa shape index (κ3) is 4.17. The van der Waals surface area contributed by atoms with Gasteiger partial charge in [0.15, 0.2) is 0 Å². The number of benzene rings is 2. The van der Waals surface area contributed by atoms with Gasteiger partial charge in [0.1, 0.15) is 22.9 Å². The number of hydrogen-bond acceptors (Lipinski definition) is 4. The molecule has 2 heterocycles. The zero-order valence-electron chi connectivity index (χ0n) is 21.1. The van der Waals surface area contributed by atoms with Crippen LogP contribution in [-0.2, 0) is 12.8 Å². The van der Waals surface area contributed by atoms with Crippen LogP contribution in [0.25, 0.3) is 34.1 Å². The number of halogens is 6. The van der Waals surface area contributed by atoms with E-state index in [-0.39, 0.29) is 36.1 Å². The van der Waals surface area contributed by atoms with Gasteiger partial charge >= 0.3 is 17.8 Å². The second-order valence-electron chi connectivity index (χ2n) is 9.29. The molecule has 5 rings (SSSR count). The predicted octanol–water partition coefficient (Wildman–Crippen LogP) is 8.73. The molecule has 39 heavy (non-hydrogen) atoms. The van der Waals surface area contributed by atoms with Crippen molar-refractivity contribution in [2.75, 3.05) is 0 Å². The molecule has 204 valence electrons. The maximum absolute atomic E-state index is 15.6. The van der Waals surface area contributed by atoms with Gasteiger partial charge in [0, 0.05) is 24.0 Å². The summed E-state index contributed by atoms with van der Waals surface area (Å²) in [4.78, 5) is 8.19. The van der Waals surface area contributed by atoms with Crippen molar-refractivity contribution in [3.05, 3.63) is 83.6 Å². The Bertz CT molecular complexity index is 1400. The summed E-state index contributed by atoms with van der Waals surface area (Å²) in [5.41, 5.74) is -3.92. The first-order valence-electron chi connectivity index (χ1n) is 12.5. The van der Waals surface area contributed by atoms with Crippen LogP contribution in [0.15, 0.2) is 69.5 Å². The molecule has 0 bridgehead atoms. The van der Waals surface area contributed by atoms with E-state index in [0.29, 0.717) is 24.0 Å². The topological polar surface area (TPSA) is 52.1 Å². The lowest BCUT2D eigenvalue weighted by molar-refractivity contribution is -0.254. The first kappa shape index (κ1) is 26.8. The number of oxazole rings is 2. The molecule has 2 aromatic heterocycles. The number of allylic oxidation sites excluding steroid dienone is 2. The van der Waals surface area contributed by atoms with Gasteiger partial charge in [-0.1, -0.05) is 50.2 Å². The number of aromatic nitrogens is 2. The number of hydrogen-bond donors (Lipinski definition) is 0. The van der Waals surface area contributed by atoms with Crippen molar-refractivity contribution in [1.82, 2.24) is 9.97 Å². The van der Waals surface area contributed by atoms with E-state index in [1.54, 1.807) is 74.5 Å². The van der Waals surface area contributed by atoms with E-state index in [4.69, 9.17) is 8.83 Å². The van der Waals surface area contributed by atoms with Gasteiger partial charge < -0.3 is 8.83 Å². The molecular formula is C29H24F6N2O2. The fraction of sp³-hybridized carbons (Fsp3) is 0.310. The van der Waals surface area contributed by atoms with Crippen LogP contribution in [0.1, 0.15) is 49.6 Å². The molecule has 0 saturated heterocycles. The molecule has 0 spiro atoms. The average Bonchev–Trinajstić information content (AvgIpc) is 3.54. The van der Waals surface area contributed by atoms with E-state index in [1.165, 1.54) is 0 Å². The second-order valence-corrected chi connectivity index (χ2v) is 9.29. The summed E-state index contributed by atoms with van der Waals surface area (Å²) in [7, 11) is 0. The predicted molar refractivity (Wildman–Crippen MR) is 134 cm³/mol. The van der Waals surface area contributed by atoms with Gasteiger partial charge in [-0.25, -0.2) is 9.97 Å². The molecule has 1 aliphatic rings. The molecule has 0 saturated carbocycles. The summed E-state index contributed by atoms with van der Waals surface area (Å²) < 4.78 is 104. The molecule has 4 nitrogen and oxygen atoms in total. The van der Waals surface area contributed by atoms with Gasteiger partial charge in [0.2, 0.25) is 11.8 Å². The van der Waals surface area contributed by atoms with E-state index in [2.05, 4.69) is 9.97 Å². The highest BCUT2D eigenvalue weighted by molar-refractivity contribution is 6.00. The van der Waals surface area contributed by atoms with Crippen LogP contribution in [0.4, 0.5) is 26.3 Å². The van der Waals surface area contributed by atoms with Crippen molar-refractivity contribution in [3.8, 4) is 22.9 Å². The number of rotatable bonds is 8. The van der Waals surface area contributed by atoms with Gasteiger partial charge in [0.05, 0.1) is 11.1 Å². The van der Waals surface area contributed by atoms with Crippen molar-refractivity contribution in [2.24, 2.45) is 0 Å². The average molecular weight is 547 g/mol. The van der Waals surface area contributed by atoms with E-state index >= 15 is 26.3 Å². The summed E-state index contributed by atoms with van der Waals surface area (Å²) in [6.45, 7) is 3.42. The molecule has 0 radical (unpaired) electrons. The van der Waals surface area contributed by atoms with Crippen LogP contribution in [0.5, 0.6) is 0 Å². The van der Waals surface area contributed by atoms with E-state index < -0.39 is 40.3 Å². The number of nitrogens with zero attached hydrogens (tertiary/aromatic N) is 2. The van der Waals surface area contributed by atoms with Crippen molar-refractivity contribution in [1.29, 1.82) is 0 Å². The molecule has 4 aromatic rings. The lowest BCUT2D eigenvalue weighted by Crippen LogP contribution is -2.49. The number of alkyl halides is 6. The molecule has 10 heteroatoms. The van der Waals surface area contributed by atoms with Crippen LogP contribution in [-0.4, -0.2) is 27.7 Å². The zero-order valence-corrected chi connectivity index (χ0v) is 21.1. The summed E-state index contributed by atoms with van der Waals surface area (Å²) >= 11 is 0. The lowest BCUT2D eigenvalue weighted by atomic mass is 9.98. The Morgan fingerprint density at radius 3 is 1.28 bits per heavy atom. The molecule has 0 unspecified atom stereocenters. The smallest absolute Gasteiger partial charge is 0.380 e. The molecular weight excluding hydrogens is 522 g/mol. The summed E-state index contributed by atoms with van der Waals surface area (Å²) in [6.07, 6.45) is 0.741. The summed E-state index contributed by atoms with van der Waals surface area (Å²) in [6, 6.07) is 16.3. The lowest BCUT2D eigenvalue weighted by Gasteiger charge is -2.25. The monoisotopic (exact) mass is 546 g/mol. The first-order valence-corrected chi connectivity index (χ1v) is 12.5. The quantitative estimate of drug-likeness (QED) is 0.207. The second kappa shape index (κ2) is 9.73. The highest BCUT2D eigenvalue weighted by Gasteiger charge is 2.81. The van der Waals surface area contributed by atoms with E-state index in [1.807, 2.05) is 0 Å². The first-order chi connectivity index (χ1) is 18.5. The third-order valence-corrected chi connectivity index (χ3v) is 6.53. The van der Waals surface area contributed by atoms with Crippen molar-refractivity contribution in [2.45, 2.75) is 57.3 Å². The van der Waals surface area contributed by atoms with Crippen molar-refractivity contribution in [3.63, 3.8) is 0 Å². The van der Waals surface area contributed by atoms with Crippen LogP contribution >= 0.6 is 0 Å². The highest BCUT2D eigenvalue weighted by atomic mass is 19.3. The fourth-order valence-electron chi connectivity index (χ4n) is 4.65. The zero-order chi connectivity index (χ0) is 28.0. The minimum atomic E-state index is -5.75. The largest absolute Gasteiger partial charge is 0.441 e. The molecule has 2 aromatic carbocycles. The minimum absolute atomic E-state index is 0.00900. The Balaban J connectivity index is 1.83. The van der Waals surface area contributed by atoms with Gasteiger partial charge in [-0.05, 0) is 37.1 Å². The standard InChI is InChI=1S/C29H24F6N2O2/c1-3-11-19-23(36-25(38-19)17-13-7-5-8-14-17)21-22(28(32,33)29(34,35)27(21,30)31)24-20(12-4-2)39-26(37-24)18-15-9-6-10-16-18/h5-10,13-16H,3-4,11-12H2,1-2H3. The molecule has 0 atom stereocenters. The number of aryl methyl sites for hydroxylation is 2. The van der Waals surface area contributed by atoms with Crippen LogP contribution in [0, 0.1) is 0 Å². The van der Waals surface area contributed by atoms with Gasteiger partial charge in [-0.2, -0.15) is 26.3 Å². The van der Waals surface area contributed by atoms with E-state index in [9.17, 15) is 0 Å². The van der Waals surface area contributed by atoms with Gasteiger partial charge in [0.25, 0.3) is 0 Å². The maximum atomic E-state index is 15.6. The molecule has 0 aliphatic heterocycles. The summed E-state index contributed by atoms with van der Waals surface area (Å²) in [5.74, 6) is -17.0. The van der Waals surface area contributed by atoms with Crippen LogP contribution < -0.4 is 0 Å². The third-order valence-electron chi connectivity index (χ3n) is 6.53. The highest BCUT2D eigenvalue weighted by Crippen LogP contribution is 2.65. The fourth-order valence-corrected chi connectivity index (χ4v) is 4.65. The van der Waals surface area contributed by atoms with Crippen molar-refractivity contribution < 1.29 is 35.2 Å². The Morgan fingerprint density at radius 1 is 0.590 bits per heavy atom. The van der Waals surface area contributed by atoms with Gasteiger partial charge in [-0.15, -0.1) is 0 Å². The van der Waals surface area contributed by atoms with E-state index in [0.717, 1.165) is 0 Å². The molecule has 1 aliphatic carbocycles. The summed E-state index contributed by atoms with van der Waals surface area (Å²) in [5, 5.41) is 0. The Labute approximate surface area is 220 Å². The van der Waals surface area contributed by atoms with Crippen LogP contribution in [0.2, 0.25) is 0 Å². The Hall–Kier alpha value is -3.82. The Morgan fingerprint density at radius 2 is 0.949 bits per heavy atom. The SMILES string of the molecule is CCCc1oc(-c2ccccc2)nc1C1=C(c2nc(-c3ccccc3)oc2CCC)C(F)(F)C(F)(F)C1(F)F. The van der Waals surface area contributed by atoms with Crippen molar-refractivity contribution >= 4 is 11.1 Å². The Kier molecular flexibility index (Phi) is 6.68. The molecule has 0 fully saturated rings. The minimum Gasteiger partial charge on any atom is -0.441 e. The van der Waals surface area contributed by atoms with Gasteiger partial charge in [-0.3, -0.25) is 0 Å².